The molecule has 0 heterocycles. The molecule has 0 aromatic heterocycles. The maximum absolute atomic E-state index is 13.6. The van der Waals surface area contributed by atoms with Gasteiger partial charge in [0.15, 0.2) is 23.3 Å². The predicted octanol–water partition coefficient (Wildman–Crippen LogP) is 3.22. The summed E-state index contributed by atoms with van der Waals surface area (Å²) < 4.78 is 63.4. The second-order valence-electron chi connectivity index (χ2n) is 4.79. The lowest BCUT2D eigenvalue weighted by atomic mass is 10.1. The van der Waals surface area contributed by atoms with Gasteiger partial charge in [-0.15, -0.1) is 0 Å². The number of ether oxygens (including phenoxy) is 2. The molecule has 2 N–H and O–H groups in total. The number of urea groups is 1. The lowest BCUT2D eigenvalue weighted by Gasteiger charge is -2.13. The number of imide groups is 1. The molecule has 3 amide bonds. The molecule has 0 aliphatic carbocycles. The number of nitrogens with one attached hydrogen (secondary N) is 2. The number of halogens is 4. The van der Waals surface area contributed by atoms with Crippen LogP contribution in [0.2, 0.25) is 0 Å². The van der Waals surface area contributed by atoms with E-state index in [9.17, 15) is 27.2 Å². The van der Waals surface area contributed by atoms with E-state index >= 15 is 0 Å². The van der Waals surface area contributed by atoms with Crippen LogP contribution in [0.25, 0.3) is 0 Å². The van der Waals surface area contributed by atoms with E-state index in [0.29, 0.717) is 0 Å². The summed E-state index contributed by atoms with van der Waals surface area (Å²) in [5.74, 6) is -7.97. The molecule has 2 aromatic carbocycles. The highest BCUT2D eigenvalue weighted by molar-refractivity contribution is 6.10. The van der Waals surface area contributed by atoms with Gasteiger partial charge in [0.25, 0.3) is 5.91 Å². The van der Waals surface area contributed by atoms with Crippen molar-refractivity contribution >= 4 is 17.6 Å². The molecule has 0 bridgehead atoms. The van der Waals surface area contributed by atoms with Crippen molar-refractivity contribution in [3.05, 3.63) is 53.1 Å². The molecule has 0 saturated carbocycles. The molecule has 0 saturated heterocycles. The lowest BCUT2D eigenvalue weighted by Crippen LogP contribution is -2.35. The van der Waals surface area contributed by atoms with Gasteiger partial charge in [0.05, 0.1) is 14.2 Å². The van der Waals surface area contributed by atoms with E-state index < -0.39 is 40.9 Å². The first-order valence-electron chi connectivity index (χ1n) is 6.96. The molecule has 0 aliphatic rings. The fourth-order valence-electron chi connectivity index (χ4n) is 2.07. The van der Waals surface area contributed by atoms with Gasteiger partial charge in [-0.25, -0.2) is 22.4 Å². The van der Waals surface area contributed by atoms with Gasteiger partial charge in [-0.05, 0) is 12.1 Å². The normalized spacial score (nSPS) is 10.2. The van der Waals surface area contributed by atoms with Crippen LogP contribution in [0, 0.1) is 23.3 Å². The fourth-order valence-corrected chi connectivity index (χ4v) is 2.07. The van der Waals surface area contributed by atoms with Crippen molar-refractivity contribution in [3.8, 4) is 11.5 Å². The Morgan fingerprint density at radius 1 is 0.923 bits per heavy atom. The summed E-state index contributed by atoms with van der Waals surface area (Å²) >= 11 is 0. The number of carbonyl (C=O) groups excluding carboxylic acids is 2. The van der Waals surface area contributed by atoms with Crippen molar-refractivity contribution in [3.63, 3.8) is 0 Å². The number of hydrogen-bond acceptors (Lipinski definition) is 4. The zero-order valence-corrected chi connectivity index (χ0v) is 13.5. The highest BCUT2D eigenvalue weighted by atomic mass is 19.2. The maximum atomic E-state index is 13.6. The number of carbonyl (C=O) groups is 2. The van der Waals surface area contributed by atoms with Crippen LogP contribution in [0.1, 0.15) is 10.4 Å². The number of rotatable bonds is 4. The van der Waals surface area contributed by atoms with Crippen molar-refractivity contribution in [2.24, 2.45) is 0 Å². The van der Waals surface area contributed by atoms with Gasteiger partial charge in [0.1, 0.15) is 22.7 Å². The van der Waals surface area contributed by atoms with Crippen LogP contribution in [0.4, 0.5) is 28.0 Å². The summed E-state index contributed by atoms with van der Waals surface area (Å²) in [5.41, 5.74) is -1.54. The quantitative estimate of drug-likeness (QED) is 0.638. The molecule has 0 aliphatic heterocycles. The monoisotopic (exact) mass is 372 g/mol. The molecule has 0 atom stereocenters. The first-order chi connectivity index (χ1) is 12.3. The zero-order chi connectivity index (χ0) is 19.4. The fraction of sp³-hybridized carbons (Fsp3) is 0.125. The number of amides is 3. The van der Waals surface area contributed by atoms with Crippen molar-refractivity contribution in [1.82, 2.24) is 5.32 Å². The number of anilines is 1. The minimum Gasteiger partial charge on any atom is -0.496 e. The Bertz CT molecular complexity index is 825. The van der Waals surface area contributed by atoms with Crippen LogP contribution >= 0.6 is 0 Å². The summed E-state index contributed by atoms with van der Waals surface area (Å²) in [6.07, 6.45) is 0. The molecule has 0 fully saturated rings. The summed E-state index contributed by atoms with van der Waals surface area (Å²) in [6, 6.07) is 2.91. The van der Waals surface area contributed by atoms with Crippen molar-refractivity contribution in [1.29, 1.82) is 0 Å². The minimum atomic E-state index is -1.82. The van der Waals surface area contributed by atoms with Crippen LogP contribution in [-0.4, -0.2) is 26.2 Å². The van der Waals surface area contributed by atoms with Gasteiger partial charge in [0.2, 0.25) is 0 Å². The van der Waals surface area contributed by atoms with E-state index in [1.165, 1.54) is 32.4 Å². The summed E-state index contributed by atoms with van der Waals surface area (Å²) in [4.78, 5) is 24.1. The van der Waals surface area contributed by atoms with E-state index in [-0.39, 0.29) is 23.1 Å². The van der Waals surface area contributed by atoms with E-state index in [4.69, 9.17) is 9.47 Å². The number of hydrogen-bond donors (Lipinski definition) is 2. The first kappa shape index (κ1) is 19.0. The van der Waals surface area contributed by atoms with E-state index in [0.717, 1.165) is 0 Å². The Hall–Kier alpha value is -3.30. The van der Waals surface area contributed by atoms with Crippen LogP contribution in [0.3, 0.4) is 0 Å². The van der Waals surface area contributed by atoms with Gasteiger partial charge in [-0.2, -0.15) is 0 Å². The standard InChI is InChI=1S/C16H12F4N2O4/c1-25-9-4-3-5-10(26-2)11(9)15(23)22-16(24)21-14-12(19)7(17)6-8(18)13(14)20/h3-6H,1-2H3,(H2,21,22,23,24). The average molecular weight is 372 g/mol. The van der Waals surface area contributed by atoms with Gasteiger partial charge in [-0.3, -0.25) is 10.1 Å². The molecular formula is C16H12F4N2O4. The highest BCUT2D eigenvalue weighted by Crippen LogP contribution is 2.28. The third-order valence-corrected chi connectivity index (χ3v) is 3.23. The molecule has 0 radical (unpaired) electrons. The molecule has 0 unspecified atom stereocenters. The molecule has 2 rings (SSSR count). The topological polar surface area (TPSA) is 76.7 Å². The van der Waals surface area contributed by atoms with Gasteiger partial charge < -0.3 is 14.8 Å². The molecular weight excluding hydrogens is 360 g/mol. The smallest absolute Gasteiger partial charge is 0.326 e. The van der Waals surface area contributed by atoms with E-state index in [1.54, 1.807) is 10.6 Å². The van der Waals surface area contributed by atoms with Gasteiger partial charge in [0, 0.05) is 6.07 Å². The lowest BCUT2D eigenvalue weighted by molar-refractivity contribution is 0.0961. The first-order valence-corrected chi connectivity index (χ1v) is 6.96. The Morgan fingerprint density at radius 3 is 1.88 bits per heavy atom. The third-order valence-electron chi connectivity index (χ3n) is 3.23. The number of methoxy groups -OCH3 is 2. The highest BCUT2D eigenvalue weighted by Gasteiger charge is 2.24. The SMILES string of the molecule is COc1cccc(OC)c1C(=O)NC(=O)Nc1c(F)c(F)cc(F)c1F. The van der Waals surface area contributed by atoms with Crippen molar-refractivity contribution in [2.45, 2.75) is 0 Å². The van der Waals surface area contributed by atoms with Gasteiger partial charge in [-0.1, -0.05) is 6.07 Å². The van der Waals surface area contributed by atoms with Crippen molar-refractivity contribution < 1.29 is 36.6 Å². The second kappa shape index (κ2) is 7.72. The van der Waals surface area contributed by atoms with Crippen LogP contribution in [0.15, 0.2) is 24.3 Å². The molecule has 10 heteroatoms. The zero-order valence-electron chi connectivity index (χ0n) is 13.5. The minimum absolute atomic E-state index is 0.0153. The Labute approximate surface area is 144 Å². The molecule has 0 spiro atoms. The summed E-state index contributed by atoms with van der Waals surface area (Å²) in [5, 5.41) is 3.31. The average Bonchev–Trinajstić information content (AvgIpc) is 2.62. The predicted molar refractivity (Wildman–Crippen MR) is 82.3 cm³/mol. The molecule has 6 nitrogen and oxygen atoms in total. The Kier molecular flexibility index (Phi) is 5.65. The van der Waals surface area contributed by atoms with Crippen LogP contribution in [-0.2, 0) is 0 Å². The Balaban J connectivity index is 2.26. The molecule has 138 valence electrons. The summed E-state index contributed by atoms with van der Waals surface area (Å²) in [7, 11) is 2.54. The van der Waals surface area contributed by atoms with Gasteiger partial charge >= 0.3 is 6.03 Å². The second-order valence-corrected chi connectivity index (χ2v) is 4.79. The van der Waals surface area contributed by atoms with Crippen LogP contribution in [0.5, 0.6) is 11.5 Å². The molecule has 2 aromatic rings. The van der Waals surface area contributed by atoms with E-state index in [2.05, 4.69) is 0 Å². The third kappa shape index (κ3) is 3.68. The van der Waals surface area contributed by atoms with E-state index in [1.807, 2.05) is 0 Å². The Morgan fingerprint density at radius 2 is 1.42 bits per heavy atom. The largest absolute Gasteiger partial charge is 0.496 e. The maximum Gasteiger partial charge on any atom is 0.326 e. The number of benzene rings is 2. The molecule has 26 heavy (non-hydrogen) atoms. The van der Waals surface area contributed by atoms with Crippen molar-refractivity contribution in [2.75, 3.05) is 19.5 Å². The summed E-state index contributed by atoms with van der Waals surface area (Å²) in [6.45, 7) is 0. The van der Waals surface area contributed by atoms with Crippen LogP contribution < -0.4 is 20.1 Å².